The van der Waals surface area contributed by atoms with Gasteiger partial charge in [0.15, 0.2) is 12.4 Å². The largest absolute Gasteiger partial charge is 0.458 e. The van der Waals surface area contributed by atoms with E-state index in [2.05, 4.69) is 8.37 Å². The highest BCUT2D eigenvalue weighted by Crippen LogP contribution is 2.08. The number of hydrogen-bond acceptors (Lipinski definition) is 9. The molecule has 0 atom stereocenters. The maximum atomic E-state index is 11.6. The van der Waals surface area contributed by atoms with E-state index in [0.717, 1.165) is 0 Å². The van der Waals surface area contributed by atoms with Gasteiger partial charge in [-0.15, -0.1) is 0 Å². The van der Waals surface area contributed by atoms with Crippen LogP contribution in [0.3, 0.4) is 0 Å². The molecule has 0 rings (SSSR count). The lowest BCUT2D eigenvalue weighted by Gasteiger charge is -2.19. The van der Waals surface area contributed by atoms with Crippen LogP contribution >= 0.6 is 0 Å². The number of carbonyl (C=O) groups is 2. The average Bonchev–Trinajstić information content (AvgIpc) is 2.38. The zero-order chi connectivity index (χ0) is 19.0. The lowest BCUT2D eigenvalue weighted by atomic mass is 10.2. The molecule has 0 amide bonds. The molecule has 0 aliphatic rings. The summed E-state index contributed by atoms with van der Waals surface area (Å²) in [4.78, 5) is 22.0. The van der Waals surface area contributed by atoms with E-state index in [0.29, 0.717) is 0 Å². The monoisotopic (exact) mass is 388 g/mol. The number of Topliss-reactive ketones (excluding diaryl/α,β-unsaturated/α-hetero) is 1. The molecular formula is C13H24O9S2. The maximum Gasteiger partial charge on any atom is 0.334 e. The van der Waals surface area contributed by atoms with E-state index in [1.54, 1.807) is 20.8 Å². The van der Waals surface area contributed by atoms with Gasteiger partial charge in [0.1, 0.15) is 12.2 Å². The molecule has 0 aliphatic heterocycles. The first-order chi connectivity index (χ1) is 10.7. The van der Waals surface area contributed by atoms with E-state index < -0.39 is 62.3 Å². The predicted octanol–water partition coefficient (Wildman–Crippen LogP) is 0.390. The molecule has 0 N–H and O–H groups in total. The van der Waals surface area contributed by atoms with Gasteiger partial charge in [-0.1, -0.05) is 0 Å². The van der Waals surface area contributed by atoms with Crippen LogP contribution in [0.15, 0.2) is 0 Å². The standard InChI is InChI=1S/C13H24O9S2/c1-11(14)9-20-23(16,17)7-5-6-8-24(18,19)21-10-12(15)22-13(2,3)4/h5-10H2,1-4H3. The molecule has 0 heterocycles. The predicted molar refractivity (Wildman–Crippen MR) is 85.2 cm³/mol. The van der Waals surface area contributed by atoms with Crippen molar-refractivity contribution in [3.63, 3.8) is 0 Å². The van der Waals surface area contributed by atoms with Gasteiger partial charge in [-0.25, -0.2) is 4.79 Å². The van der Waals surface area contributed by atoms with Crippen LogP contribution in [0, 0.1) is 0 Å². The Morgan fingerprint density at radius 2 is 1.25 bits per heavy atom. The van der Waals surface area contributed by atoms with Gasteiger partial charge >= 0.3 is 5.97 Å². The molecule has 0 spiro atoms. The Bertz CT molecular complexity index is 627. The topological polar surface area (TPSA) is 130 Å². The minimum absolute atomic E-state index is 0.000681. The fraction of sp³-hybridized carbons (Fsp3) is 0.846. The summed E-state index contributed by atoms with van der Waals surface area (Å²) in [5, 5.41) is 0. The minimum Gasteiger partial charge on any atom is -0.458 e. The molecule has 0 aromatic carbocycles. The van der Waals surface area contributed by atoms with E-state index in [1.807, 2.05) is 0 Å². The summed E-state index contributed by atoms with van der Waals surface area (Å²) in [6.07, 6.45) is 0.00851. The summed E-state index contributed by atoms with van der Waals surface area (Å²) < 4.78 is 59.8. The Balaban J connectivity index is 4.13. The van der Waals surface area contributed by atoms with Gasteiger partial charge < -0.3 is 4.74 Å². The SMILES string of the molecule is CC(=O)COS(=O)(=O)CCCCS(=O)(=O)OCC(=O)OC(C)(C)C. The Morgan fingerprint density at radius 1 is 0.833 bits per heavy atom. The highest BCUT2D eigenvalue weighted by atomic mass is 32.2. The fourth-order valence-electron chi connectivity index (χ4n) is 1.36. The van der Waals surface area contributed by atoms with Gasteiger partial charge in [0.05, 0.1) is 11.5 Å². The molecule has 0 saturated heterocycles. The third-order valence-electron chi connectivity index (χ3n) is 2.26. The summed E-state index contributed by atoms with van der Waals surface area (Å²) in [6.45, 7) is 4.80. The molecule has 0 fully saturated rings. The molecule has 0 bridgehead atoms. The summed E-state index contributed by atoms with van der Waals surface area (Å²) in [6, 6.07) is 0. The molecule has 11 heteroatoms. The first kappa shape index (κ1) is 23.0. The van der Waals surface area contributed by atoms with Gasteiger partial charge in [-0.3, -0.25) is 13.2 Å². The van der Waals surface area contributed by atoms with Crippen molar-refractivity contribution in [3.05, 3.63) is 0 Å². The molecule has 0 aliphatic carbocycles. The normalized spacial score (nSPS) is 12.8. The van der Waals surface area contributed by atoms with E-state index in [4.69, 9.17) is 4.74 Å². The van der Waals surface area contributed by atoms with Gasteiger partial charge in [-0.2, -0.15) is 16.8 Å². The van der Waals surface area contributed by atoms with Gasteiger partial charge in [0, 0.05) is 0 Å². The average molecular weight is 388 g/mol. The summed E-state index contributed by atoms with van der Waals surface area (Å²) in [5.74, 6) is -2.11. The second-order valence-electron chi connectivity index (χ2n) is 6.04. The Morgan fingerprint density at radius 3 is 1.62 bits per heavy atom. The van der Waals surface area contributed by atoms with Crippen LogP contribution in [-0.4, -0.2) is 58.9 Å². The molecule has 0 unspecified atom stereocenters. The first-order valence-corrected chi connectivity index (χ1v) is 10.3. The second kappa shape index (κ2) is 9.44. The Hall–Kier alpha value is -1.04. The van der Waals surface area contributed by atoms with Gasteiger partial charge in [0.2, 0.25) is 0 Å². The molecule has 24 heavy (non-hydrogen) atoms. The van der Waals surface area contributed by atoms with Crippen molar-refractivity contribution in [1.82, 2.24) is 0 Å². The summed E-state index contributed by atoms with van der Waals surface area (Å²) >= 11 is 0. The van der Waals surface area contributed by atoms with Crippen molar-refractivity contribution in [3.8, 4) is 0 Å². The molecule has 142 valence electrons. The smallest absolute Gasteiger partial charge is 0.334 e. The van der Waals surface area contributed by atoms with Crippen LogP contribution in [0.5, 0.6) is 0 Å². The first-order valence-electron chi connectivity index (χ1n) is 7.18. The van der Waals surface area contributed by atoms with Crippen LogP contribution in [0.25, 0.3) is 0 Å². The number of hydrogen-bond donors (Lipinski definition) is 0. The van der Waals surface area contributed by atoms with Crippen molar-refractivity contribution < 1.29 is 39.5 Å². The van der Waals surface area contributed by atoms with Gasteiger partial charge in [0.25, 0.3) is 20.2 Å². The number of carbonyl (C=O) groups excluding carboxylic acids is 2. The highest BCUT2D eigenvalue weighted by Gasteiger charge is 2.20. The summed E-state index contributed by atoms with van der Waals surface area (Å²) in [5.41, 5.74) is -0.752. The van der Waals surface area contributed by atoms with Crippen molar-refractivity contribution in [1.29, 1.82) is 0 Å². The van der Waals surface area contributed by atoms with E-state index in [9.17, 15) is 26.4 Å². The van der Waals surface area contributed by atoms with Crippen molar-refractivity contribution in [2.45, 2.75) is 46.1 Å². The third kappa shape index (κ3) is 13.4. The fourth-order valence-corrected chi connectivity index (χ4v) is 3.33. The van der Waals surface area contributed by atoms with E-state index >= 15 is 0 Å². The lowest BCUT2D eigenvalue weighted by Crippen LogP contribution is -2.28. The minimum atomic E-state index is -3.97. The Kier molecular flexibility index (Phi) is 9.04. The molecule has 0 aromatic heterocycles. The van der Waals surface area contributed by atoms with Crippen LogP contribution in [-0.2, 0) is 42.9 Å². The maximum absolute atomic E-state index is 11.6. The number of ether oxygens (including phenoxy) is 1. The number of esters is 1. The van der Waals surface area contributed by atoms with Crippen molar-refractivity contribution in [2.75, 3.05) is 24.7 Å². The zero-order valence-corrected chi connectivity index (χ0v) is 15.9. The lowest BCUT2D eigenvalue weighted by molar-refractivity contribution is -0.157. The molecular weight excluding hydrogens is 364 g/mol. The van der Waals surface area contributed by atoms with Crippen LogP contribution in [0.1, 0.15) is 40.5 Å². The summed E-state index contributed by atoms with van der Waals surface area (Å²) in [7, 11) is -7.84. The molecule has 0 aromatic rings. The van der Waals surface area contributed by atoms with Crippen LogP contribution in [0.2, 0.25) is 0 Å². The van der Waals surface area contributed by atoms with Crippen LogP contribution in [0.4, 0.5) is 0 Å². The zero-order valence-electron chi connectivity index (χ0n) is 14.2. The number of ketones is 1. The quantitative estimate of drug-likeness (QED) is 0.280. The van der Waals surface area contributed by atoms with Crippen molar-refractivity contribution in [2.24, 2.45) is 0 Å². The Labute approximate surface area is 142 Å². The van der Waals surface area contributed by atoms with Crippen LogP contribution < -0.4 is 0 Å². The third-order valence-corrected chi connectivity index (χ3v) is 4.79. The van der Waals surface area contributed by atoms with E-state index in [-0.39, 0.29) is 12.8 Å². The number of rotatable bonds is 11. The molecule has 0 radical (unpaired) electrons. The molecule has 0 saturated carbocycles. The second-order valence-corrected chi connectivity index (χ2v) is 9.56. The highest BCUT2D eigenvalue weighted by molar-refractivity contribution is 7.87. The molecule has 9 nitrogen and oxygen atoms in total. The van der Waals surface area contributed by atoms with Crippen molar-refractivity contribution >= 4 is 32.0 Å². The van der Waals surface area contributed by atoms with E-state index in [1.165, 1.54) is 6.92 Å². The number of unbranched alkanes of at least 4 members (excludes halogenated alkanes) is 1. The van der Waals surface area contributed by atoms with Gasteiger partial charge in [-0.05, 0) is 40.5 Å².